The predicted molar refractivity (Wildman–Crippen MR) is 90.0 cm³/mol. The van der Waals surface area contributed by atoms with Gasteiger partial charge >= 0.3 is 0 Å². The molecule has 0 aliphatic carbocycles. The van der Waals surface area contributed by atoms with Crippen LogP contribution in [0.4, 0.5) is 5.69 Å². The molecule has 1 saturated heterocycles. The van der Waals surface area contributed by atoms with Gasteiger partial charge in [-0.1, -0.05) is 31.5 Å². The summed E-state index contributed by atoms with van der Waals surface area (Å²) in [5.41, 5.74) is 0.927. The van der Waals surface area contributed by atoms with Gasteiger partial charge in [-0.3, -0.25) is 9.69 Å². The van der Waals surface area contributed by atoms with Crippen LogP contribution in [0.2, 0.25) is 0 Å². The Balaban J connectivity index is 1.89. The third-order valence-corrected chi connectivity index (χ3v) is 4.66. The maximum atomic E-state index is 12.4. The van der Waals surface area contributed by atoms with Crippen molar-refractivity contribution in [1.82, 2.24) is 4.90 Å². The quantitative estimate of drug-likeness (QED) is 0.879. The molecular formula is C18H28N2O2. The van der Waals surface area contributed by atoms with E-state index in [1.54, 1.807) is 4.90 Å². The van der Waals surface area contributed by atoms with Gasteiger partial charge in [-0.2, -0.15) is 0 Å². The van der Waals surface area contributed by atoms with Crippen LogP contribution in [0.25, 0.3) is 0 Å². The summed E-state index contributed by atoms with van der Waals surface area (Å²) in [5, 5.41) is 10.2. The van der Waals surface area contributed by atoms with E-state index in [2.05, 4.69) is 4.90 Å². The standard InChI is InChI=1S/C18H28N2O2/c1-3-17(21)16-11-7-8-13-20(16)14-12-18(22)19(2)15-9-5-4-6-10-15/h4-6,9-10,16-17,21H,3,7-8,11-14H2,1-2H3. The maximum absolute atomic E-state index is 12.4. The van der Waals surface area contributed by atoms with Crippen molar-refractivity contribution >= 4 is 11.6 Å². The first-order valence-electron chi connectivity index (χ1n) is 8.37. The van der Waals surface area contributed by atoms with Gasteiger partial charge in [-0.25, -0.2) is 0 Å². The summed E-state index contributed by atoms with van der Waals surface area (Å²) in [6.07, 6.45) is 4.38. The Kier molecular flexibility index (Phi) is 6.40. The number of benzene rings is 1. The number of aliphatic hydroxyl groups is 1. The van der Waals surface area contributed by atoms with E-state index in [1.165, 1.54) is 6.42 Å². The van der Waals surface area contributed by atoms with E-state index in [4.69, 9.17) is 0 Å². The van der Waals surface area contributed by atoms with E-state index in [0.717, 1.165) is 38.0 Å². The highest BCUT2D eigenvalue weighted by Crippen LogP contribution is 2.22. The Labute approximate surface area is 133 Å². The van der Waals surface area contributed by atoms with Gasteiger partial charge in [0.15, 0.2) is 0 Å². The molecule has 0 saturated carbocycles. The van der Waals surface area contributed by atoms with Crippen molar-refractivity contribution in [3.8, 4) is 0 Å². The van der Waals surface area contributed by atoms with Crippen molar-refractivity contribution in [2.45, 2.75) is 51.2 Å². The van der Waals surface area contributed by atoms with E-state index in [1.807, 2.05) is 44.3 Å². The molecule has 22 heavy (non-hydrogen) atoms. The second-order valence-corrected chi connectivity index (χ2v) is 6.11. The molecule has 1 heterocycles. The number of aliphatic hydroxyl groups excluding tert-OH is 1. The minimum atomic E-state index is -0.276. The lowest BCUT2D eigenvalue weighted by molar-refractivity contribution is -0.119. The average molecular weight is 304 g/mol. The molecule has 0 bridgehead atoms. The van der Waals surface area contributed by atoms with Crippen molar-refractivity contribution < 1.29 is 9.90 Å². The average Bonchev–Trinajstić information content (AvgIpc) is 2.59. The first-order chi connectivity index (χ1) is 10.6. The molecule has 0 spiro atoms. The number of piperidine rings is 1. The third kappa shape index (κ3) is 4.31. The Morgan fingerprint density at radius 3 is 2.77 bits per heavy atom. The molecule has 1 aromatic carbocycles. The molecule has 122 valence electrons. The lowest BCUT2D eigenvalue weighted by atomic mass is 9.95. The Morgan fingerprint density at radius 2 is 2.09 bits per heavy atom. The molecule has 4 nitrogen and oxygen atoms in total. The van der Waals surface area contributed by atoms with Crippen molar-refractivity contribution in [2.24, 2.45) is 0 Å². The second kappa shape index (κ2) is 8.30. The summed E-state index contributed by atoms with van der Waals surface area (Å²) in [4.78, 5) is 16.4. The van der Waals surface area contributed by atoms with Crippen LogP contribution >= 0.6 is 0 Å². The van der Waals surface area contributed by atoms with Gasteiger partial charge in [0.25, 0.3) is 0 Å². The molecule has 1 fully saturated rings. The first-order valence-corrected chi connectivity index (χ1v) is 8.37. The summed E-state index contributed by atoms with van der Waals surface area (Å²) in [6.45, 7) is 3.74. The van der Waals surface area contributed by atoms with Crippen molar-refractivity contribution in [3.63, 3.8) is 0 Å². The molecule has 1 aliphatic rings. The molecule has 0 aromatic heterocycles. The minimum Gasteiger partial charge on any atom is -0.392 e. The molecule has 2 rings (SSSR count). The maximum Gasteiger partial charge on any atom is 0.228 e. The molecule has 1 N–H and O–H groups in total. The topological polar surface area (TPSA) is 43.8 Å². The fraction of sp³-hybridized carbons (Fsp3) is 0.611. The summed E-state index contributed by atoms with van der Waals surface area (Å²) >= 11 is 0. The first kappa shape index (κ1) is 17.0. The van der Waals surface area contributed by atoms with Crippen LogP contribution in [0.15, 0.2) is 30.3 Å². The SMILES string of the molecule is CCC(O)C1CCCCN1CCC(=O)N(C)c1ccccc1. The number of carbonyl (C=O) groups is 1. The minimum absolute atomic E-state index is 0.126. The number of amides is 1. The zero-order valence-corrected chi connectivity index (χ0v) is 13.7. The van der Waals surface area contributed by atoms with Gasteiger partial charge in [0.05, 0.1) is 6.10 Å². The lowest BCUT2D eigenvalue weighted by Gasteiger charge is -2.38. The van der Waals surface area contributed by atoms with Crippen LogP contribution in [0.5, 0.6) is 0 Å². The molecule has 2 unspecified atom stereocenters. The van der Waals surface area contributed by atoms with Crippen LogP contribution in [-0.2, 0) is 4.79 Å². The lowest BCUT2D eigenvalue weighted by Crippen LogP contribution is -2.47. The van der Waals surface area contributed by atoms with E-state index < -0.39 is 0 Å². The fourth-order valence-corrected chi connectivity index (χ4v) is 3.20. The highest BCUT2D eigenvalue weighted by Gasteiger charge is 2.28. The molecule has 2 atom stereocenters. The summed E-state index contributed by atoms with van der Waals surface area (Å²) in [5.74, 6) is 0.126. The van der Waals surface area contributed by atoms with Crippen molar-refractivity contribution in [1.29, 1.82) is 0 Å². The third-order valence-electron chi connectivity index (χ3n) is 4.66. The van der Waals surface area contributed by atoms with Crippen LogP contribution in [0.1, 0.15) is 39.0 Å². The molecular weight excluding hydrogens is 276 g/mol. The summed E-state index contributed by atoms with van der Waals surface area (Å²) in [7, 11) is 1.83. The van der Waals surface area contributed by atoms with E-state index >= 15 is 0 Å². The molecule has 4 heteroatoms. The monoisotopic (exact) mass is 304 g/mol. The smallest absolute Gasteiger partial charge is 0.228 e. The number of nitrogens with zero attached hydrogens (tertiary/aromatic N) is 2. The number of carbonyl (C=O) groups excluding carboxylic acids is 1. The molecule has 0 radical (unpaired) electrons. The van der Waals surface area contributed by atoms with Gasteiger partial charge < -0.3 is 10.0 Å². The highest BCUT2D eigenvalue weighted by molar-refractivity contribution is 5.92. The van der Waals surface area contributed by atoms with Gasteiger partial charge in [-0.05, 0) is 37.9 Å². The number of para-hydroxylation sites is 1. The highest BCUT2D eigenvalue weighted by atomic mass is 16.3. The van der Waals surface area contributed by atoms with E-state index in [0.29, 0.717) is 6.42 Å². The summed E-state index contributed by atoms with van der Waals surface area (Å²) in [6, 6.07) is 9.94. The summed E-state index contributed by atoms with van der Waals surface area (Å²) < 4.78 is 0. The predicted octanol–water partition coefficient (Wildman–Crippen LogP) is 2.66. The zero-order chi connectivity index (χ0) is 15.9. The Hall–Kier alpha value is -1.39. The van der Waals surface area contributed by atoms with E-state index in [9.17, 15) is 9.90 Å². The molecule has 1 amide bonds. The van der Waals surface area contributed by atoms with Crippen LogP contribution in [0.3, 0.4) is 0 Å². The number of hydrogen-bond acceptors (Lipinski definition) is 3. The number of likely N-dealkylation sites (tertiary alicyclic amines) is 1. The van der Waals surface area contributed by atoms with Crippen LogP contribution in [-0.4, -0.2) is 48.2 Å². The van der Waals surface area contributed by atoms with Crippen molar-refractivity contribution in [3.05, 3.63) is 30.3 Å². The van der Waals surface area contributed by atoms with Gasteiger partial charge in [0.2, 0.25) is 5.91 Å². The zero-order valence-electron chi connectivity index (χ0n) is 13.7. The number of hydrogen-bond donors (Lipinski definition) is 1. The van der Waals surface area contributed by atoms with Crippen molar-refractivity contribution in [2.75, 3.05) is 25.0 Å². The van der Waals surface area contributed by atoms with Gasteiger partial charge in [0, 0.05) is 31.7 Å². The Morgan fingerprint density at radius 1 is 1.36 bits per heavy atom. The van der Waals surface area contributed by atoms with E-state index in [-0.39, 0.29) is 18.1 Å². The fourth-order valence-electron chi connectivity index (χ4n) is 3.20. The van der Waals surface area contributed by atoms with Gasteiger partial charge in [0.1, 0.15) is 0 Å². The largest absolute Gasteiger partial charge is 0.392 e. The molecule has 1 aromatic rings. The van der Waals surface area contributed by atoms with Crippen LogP contribution in [0, 0.1) is 0 Å². The second-order valence-electron chi connectivity index (χ2n) is 6.11. The molecule has 1 aliphatic heterocycles. The van der Waals surface area contributed by atoms with Crippen LogP contribution < -0.4 is 4.90 Å². The van der Waals surface area contributed by atoms with Gasteiger partial charge in [-0.15, -0.1) is 0 Å². The Bertz CT molecular complexity index is 463. The normalized spacial score (nSPS) is 20.6. The number of rotatable bonds is 6. The number of anilines is 1.